The van der Waals surface area contributed by atoms with Crippen LogP contribution in [0.4, 0.5) is 0 Å². The maximum absolute atomic E-state index is 12.6. The lowest BCUT2D eigenvalue weighted by molar-refractivity contribution is 0.402. The molecular weight excluding hydrogens is 390 g/mol. The van der Waals surface area contributed by atoms with Gasteiger partial charge < -0.3 is 4.74 Å². The zero-order valence-corrected chi connectivity index (χ0v) is 15.2. The van der Waals surface area contributed by atoms with E-state index in [1.54, 1.807) is 13.0 Å². The molecule has 0 amide bonds. The lowest BCUT2D eigenvalue weighted by Gasteiger charge is -2.16. The molecule has 2 rings (SSSR count). The maximum atomic E-state index is 12.6. The van der Waals surface area contributed by atoms with Crippen LogP contribution in [-0.4, -0.2) is 15.5 Å². The largest absolute Gasteiger partial charge is 0.495 e. The Morgan fingerprint density at radius 2 is 1.95 bits per heavy atom. The van der Waals surface area contributed by atoms with Crippen molar-refractivity contribution >= 4 is 37.6 Å². The van der Waals surface area contributed by atoms with Crippen LogP contribution in [0.5, 0.6) is 5.75 Å². The van der Waals surface area contributed by atoms with Crippen molar-refractivity contribution < 1.29 is 13.2 Å². The Balaban J connectivity index is 2.33. The topological polar surface area (TPSA) is 55.4 Å². The Bertz CT molecular complexity index is 780. The van der Waals surface area contributed by atoms with E-state index in [1.807, 2.05) is 24.3 Å². The van der Waals surface area contributed by atoms with Gasteiger partial charge in [-0.05, 0) is 42.8 Å². The van der Waals surface area contributed by atoms with E-state index in [4.69, 9.17) is 16.3 Å². The van der Waals surface area contributed by atoms with E-state index in [1.165, 1.54) is 19.2 Å². The fourth-order valence-electron chi connectivity index (χ4n) is 2.00. The van der Waals surface area contributed by atoms with E-state index in [0.29, 0.717) is 5.02 Å². The third-order valence-electron chi connectivity index (χ3n) is 3.10. The highest BCUT2D eigenvalue weighted by Gasteiger charge is 2.23. The summed E-state index contributed by atoms with van der Waals surface area (Å²) in [4.78, 5) is 0.0179. The predicted molar refractivity (Wildman–Crippen MR) is 90.9 cm³/mol. The molecule has 0 radical (unpaired) electrons. The van der Waals surface area contributed by atoms with Gasteiger partial charge in [-0.3, -0.25) is 0 Å². The number of sulfonamides is 1. The summed E-state index contributed by atoms with van der Waals surface area (Å²) in [5.41, 5.74) is 0.846. The fourth-order valence-corrected chi connectivity index (χ4v) is 4.08. The molecular formula is C15H15BrClNO3S. The van der Waals surface area contributed by atoms with Crippen LogP contribution >= 0.6 is 27.5 Å². The second kappa shape index (κ2) is 7.00. The van der Waals surface area contributed by atoms with Gasteiger partial charge in [0, 0.05) is 15.5 Å². The molecule has 1 N–H and O–H groups in total. The maximum Gasteiger partial charge on any atom is 0.244 e. The number of hydrogen-bond donors (Lipinski definition) is 1. The van der Waals surface area contributed by atoms with Crippen LogP contribution in [0.25, 0.3) is 0 Å². The molecule has 0 aliphatic heterocycles. The van der Waals surface area contributed by atoms with Crippen molar-refractivity contribution in [1.29, 1.82) is 0 Å². The molecule has 0 saturated heterocycles. The van der Waals surface area contributed by atoms with E-state index in [-0.39, 0.29) is 10.6 Å². The SMILES string of the molecule is COc1ccc(Cl)cc1S(=O)(=O)N[C@H](C)c1cccc(Br)c1. The zero-order chi connectivity index (χ0) is 16.3. The van der Waals surface area contributed by atoms with Crippen molar-refractivity contribution in [3.63, 3.8) is 0 Å². The summed E-state index contributed by atoms with van der Waals surface area (Å²) in [5.74, 6) is 0.248. The van der Waals surface area contributed by atoms with Crippen LogP contribution in [0.15, 0.2) is 51.8 Å². The third kappa shape index (κ3) is 4.01. The normalized spacial score (nSPS) is 12.9. The predicted octanol–water partition coefficient (Wildman–Crippen LogP) is 4.15. The fraction of sp³-hybridized carbons (Fsp3) is 0.200. The molecule has 7 heteroatoms. The van der Waals surface area contributed by atoms with Gasteiger partial charge in [-0.2, -0.15) is 0 Å². The molecule has 0 unspecified atom stereocenters. The van der Waals surface area contributed by atoms with Crippen molar-refractivity contribution in [2.75, 3.05) is 7.11 Å². The minimum atomic E-state index is -3.76. The minimum absolute atomic E-state index is 0.0179. The van der Waals surface area contributed by atoms with Gasteiger partial charge in [0.25, 0.3) is 0 Å². The second-order valence-electron chi connectivity index (χ2n) is 4.69. The molecule has 0 heterocycles. The van der Waals surface area contributed by atoms with E-state index in [0.717, 1.165) is 10.0 Å². The van der Waals surface area contributed by atoms with Crippen LogP contribution in [0.1, 0.15) is 18.5 Å². The van der Waals surface area contributed by atoms with Crippen molar-refractivity contribution in [2.24, 2.45) is 0 Å². The highest BCUT2D eigenvalue weighted by atomic mass is 79.9. The molecule has 4 nitrogen and oxygen atoms in total. The molecule has 1 atom stereocenters. The Hall–Kier alpha value is -1.08. The standard InChI is InChI=1S/C15H15BrClNO3S/c1-10(11-4-3-5-12(16)8-11)18-22(19,20)15-9-13(17)6-7-14(15)21-2/h3-10,18H,1-2H3/t10-/m1/s1. The van der Waals surface area contributed by atoms with Gasteiger partial charge in [0.2, 0.25) is 10.0 Å². The Kier molecular flexibility index (Phi) is 5.50. The molecule has 2 aromatic rings. The number of nitrogens with one attached hydrogen (secondary N) is 1. The molecule has 0 saturated carbocycles. The van der Waals surface area contributed by atoms with Gasteiger partial charge in [0.05, 0.1) is 7.11 Å². The first-order chi connectivity index (χ1) is 10.3. The van der Waals surface area contributed by atoms with Crippen molar-refractivity contribution in [1.82, 2.24) is 4.72 Å². The zero-order valence-electron chi connectivity index (χ0n) is 12.0. The molecule has 0 bridgehead atoms. The Morgan fingerprint density at radius 3 is 2.59 bits per heavy atom. The average Bonchev–Trinajstić information content (AvgIpc) is 2.46. The van der Waals surface area contributed by atoms with E-state index in [2.05, 4.69) is 20.7 Å². The molecule has 2 aromatic carbocycles. The summed E-state index contributed by atoms with van der Waals surface area (Å²) < 4.78 is 33.8. The van der Waals surface area contributed by atoms with Crippen LogP contribution < -0.4 is 9.46 Å². The first-order valence-corrected chi connectivity index (χ1v) is 9.10. The molecule has 0 aliphatic rings. The van der Waals surface area contributed by atoms with Gasteiger partial charge >= 0.3 is 0 Å². The van der Waals surface area contributed by atoms with Crippen LogP contribution in [0.2, 0.25) is 5.02 Å². The number of rotatable bonds is 5. The first-order valence-electron chi connectivity index (χ1n) is 6.45. The molecule has 118 valence electrons. The summed E-state index contributed by atoms with van der Waals surface area (Å²) in [6, 6.07) is 11.5. The van der Waals surface area contributed by atoms with E-state index < -0.39 is 16.1 Å². The first kappa shape index (κ1) is 17.3. The molecule has 0 aromatic heterocycles. The summed E-state index contributed by atoms with van der Waals surface area (Å²) in [7, 11) is -2.34. The van der Waals surface area contributed by atoms with Gasteiger partial charge in [0.1, 0.15) is 10.6 Å². The monoisotopic (exact) mass is 403 g/mol. The summed E-state index contributed by atoms with van der Waals surface area (Å²) in [6.45, 7) is 1.77. The van der Waals surface area contributed by atoms with Gasteiger partial charge in [-0.25, -0.2) is 13.1 Å². The summed E-state index contributed by atoms with van der Waals surface area (Å²) in [5, 5.41) is 0.330. The van der Waals surface area contributed by atoms with E-state index in [9.17, 15) is 8.42 Å². The number of ether oxygens (including phenoxy) is 1. The van der Waals surface area contributed by atoms with Gasteiger partial charge in [0.15, 0.2) is 0 Å². The Morgan fingerprint density at radius 1 is 1.23 bits per heavy atom. The molecule has 0 spiro atoms. The van der Waals surface area contributed by atoms with Crippen LogP contribution in [-0.2, 0) is 10.0 Å². The smallest absolute Gasteiger partial charge is 0.244 e. The van der Waals surface area contributed by atoms with Crippen LogP contribution in [0.3, 0.4) is 0 Å². The minimum Gasteiger partial charge on any atom is -0.495 e. The number of halogens is 2. The highest BCUT2D eigenvalue weighted by Crippen LogP contribution is 2.28. The summed E-state index contributed by atoms with van der Waals surface area (Å²) in [6.07, 6.45) is 0. The lowest BCUT2D eigenvalue weighted by Crippen LogP contribution is -2.27. The second-order valence-corrected chi connectivity index (χ2v) is 7.73. The average molecular weight is 405 g/mol. The molecule has 0 aliphatic carbocycles. The van der Waals surface area contributed by atoms with Gasteiger partial charge in [-0.1, -0.05) is 39.7 Å². The molecule has 0 fully saturated rings. The quantitative estimate of drug-likeness (QED) is 0.814. The summed E-state index contributed by atoms with van der Waals surface area (Å²) >= 11 is 9.27. The lowest BCUT2D eigenvalue weighted by atomic mass is 10.1. The van der Waals surface area contributed by atoms with Crippen molar-refractivity contribution in [3.05, 3.63) is 57.5 Å². The Labute approximate surface area is 143 Å². The van der Waals surface area contributed by atoms with E-state index >= 15 is 0 Å². The van der Waals surface area contributed by atoms with Crippen LogP contribution in [0, 0.1) is 0 Å². The number of hydrogen-bond acceptors (Lipinski definition) is 3. The highest BCUT2D eigenvalue weighted by molar-refractivity contribution is 9.10. The van der Waals surface area contributed by atoms with Crippen molar-refractivity contribution in [2.45, 2.75) is 17.9 Å². The molecule has 22 heavy (non-hydrogen) atoms. The van der Waals surface area contributed by atoms with Crippen molar-refractivity contribution in [3.8, 4) is 5.75 Å². The number of benzene rings is 2. The van der Waals surface area contributed by atoms with Gasteiger partial charge in [-0.15, -0.1) is 0 Å². The third-order valence-corrected chi connectivity index (χ3v) is 5.39. The number of methoxy groups -OCH3 is 1.